The lowest BCUT2D eigenvalue weighted by Crippen LogP contribution is -2.34. The maximum atomic E-state index is 3.56. The van der Waals surface area contributed by atoms with E-state index in [1.54, 1.807) is 0 Å². The summed E-state index contributed by atoms with van der Waals surface area (Å²) in [7, 11) is 0. The molecule has 1 aromatic rings. The maximum absolute atomic E-state index is 3.56. The van der Waals surface area contributed by atoms with Crippen LogP contribution in [0.5, 0.6) is 0 Å². The van der Waals surface area contributed by atoms with Gasteiger partial charge in [-0.1, -0.05) is 45.9 Å². The number of hydrogen-bond acceptors (Lipinski definition) is 1. The summed E-state index contributed by atoms with van der Waals surface area (Å²) in [5.74, 6) is 0.713. The Labute approximate surface area is 107 Å². The highest BCUT2D eigenvalue weighted by Gasteiger charge is 2.20. The first-order chi connectivity index (χ1) is 7.83. The molecule has 0 fully saturated rings. The van der Waals surface area contributed by atoms with E-state index in [0.717, 1.165) is 13.1 Å². The highest BCUT2D eigenvalue weighted by molar-refractivity contribution is 5.34. The van der Waals surface area contributed by atoms with Crippen molar-refractivity contribution in [2.75, 3.05) is 13.1 Å². The Morgan fingerprint density at radius 2 is 1.76 bits per heavy atom. The van der Waals surface area contributed by atoms with Crippen LogP contribution in [0.1, 0.15) is 44.4 Å². The molecule has 0 aliphatic rings. The van der Waals surface area contributed by atoms with Crippen LogP contribution in [0.4, 0.5) is 0 Å². The van der Waals surface area contributed by atoms with Gasteiger partial charge in [0.2, 0.25) is 0 Å². The minimum Gasteiger partial charge on any atom is -0.316 e. The molecule has 0 radical (unpaired) electrons. The van der Waals surface area contributed by atoms with Crippen molar-refractivity contribution in [3.63, 3.8) is 0 Å². The number of hydrogen-bond donors (Lipinski definition) is 1. The van der Waals surface area contributed by atoms with Crippen molar-refractivity contribution in [3.05, 3.63) is 34.9 Å². The van der Waals surface area contributed by atoms with Crippen LogP contribution in [0.25, 0.3) is 0 Å². The molecule has 1 rings (SSSR count). The molecule has 0 saturated heterocycles. The van der Waals surface area contributed by atoms with Crippen molar-refractivity contribution in [1.29, 1.82) is 0 Å². The second kappa shape index (κ2) is 5.68. The molecule has 0 aliphatic heterocycles. The van der Waals surface area contributed by atoms with Crippen molar-refractivity contribution in [2.24, 2.45) is 5.92 Å². The first-order valence-corrected chi connectivity index (χ1v) is 6.61. The zero-order valence-electron chi connectivity index (χ0n) is 12.2. The molecule has 1 aromatic carbocycles. The van der Waals surface area contributed by atoms with Crippen molar-refractivity contribution < 1.29 is 0 Å². The molecule has 0 spiro atoms. The quantitative estimate of drug-likeness (QED) is 0.815. The van der Waals surface area contributed by atoms with E-state index >= 15 is 0 Å². The molecular formula is C16H27N. The lowest BCUT2D eigenvalue weighted by molar-refractivity contribution is 0.443. The first kappa shape index (κ1) is 14.2. The second-order valence-corrected chi connectivity index (χ2v) is 6.21. The molecule has 0 heterocycles. The summed E-state index contributed by atoms with van der Waals surface area (Å²) >= 11 is 0. The lowest BCUT2D eigenvalue weighted by atomic mass is 9.83. The van der Waals surface area contributed by atoms with Crippen LogP contribution in [0, 0.1) is 19.8 Å². The Balaban J connectivity index is 2.71. The van der Waals surface area contributed by atoms with Gasteiger partial charge in [0.25, 0.3) is 0 Å². The Morgan fingerprint density at radius 3 is 2.29 bits per heavy atom. The molecule has 0 saturated carbocycles. The van der Waals surface area contributed by atoms with Gasteiger partial charge in [-0.25, -0.2) is 0 Å². The third-order valence-corrected chi connectivity index (χ3v) is 3.41. The molecule has 1 N–H and O–H groups in total. The molecule has 0 bridgehead atoms. The summed E-state index contributed by atoms with van der Waals surface area (Å²) in [4.78, 5) is 0. The molecule has 17 heavy (non-hydrogen) atoms. The Kier molecular flexibility index (Phi) is 4.76. The van der Waals surface area contributed by atoms with Gasteiger partial charge in [0.1, 0.15) is 0 Å². The van der Waals surface area contributed by atoms with Crippen LogP contribution < -0.4 is 5.32 Å². The number of benzene rings is 1. The van der Waals surface area contributed by atoms with Crippen LogP contribution in [-0.4, -0.2) is 13.1 Å². The van der Waals surface area contributed by atoms with Gasteiger partial charge in [-0.3, -0.25) is 0 Å². The van der Waals surface area contributed by atoms with Gasteiger partial charge in [0.15, 0.2) is 0 Å². The zero-order valence-corrected chi connectivity index (χ0v) is 12.2. The summed E-state index contributed by atoms with van der Waals surface area (Å²) in [6.45, 7) is 15.6. The summed E-state index contributed by atoms with van der Waals surface area (Å²) in [6, 6.07) is 6.82. The highest BCUT2D eigenvalue weighted by Crippen LogP contribution is 2.24. The number of aryl methyl sites for hydroxylation is 2. The average Bonchev–Trinajstić information content (AvgIpc) is 2.21. The van der Waals surface area contributed by atoms with Gasteiger partial charge in [0.05, 0.1) is 0 Å². The van der Waals surface area contributed by atoms with Gasteiger partial charge < -0.3 is 5.32 Å². The normalized spacial score (nSPS) is 12.2. The third-order valence-electron chi connectivity index (χ3n) is 3.41. The number of nitrogens with one attached hydrogen (secondary N) is 1. The molecule has 0 amide bonds. The van der Waals surface area contributed by atoms with Crippen LogP contribution in [-0.2, 0) is 5.41 Å². The van der Waals surface area contributed by atoms with Gasteiger partial charge in [-0.2, -0.15) is 0 Å². The van der Waals surface area contributed by atoms with Crippen molar-refractivity contribution in [2.45, 2.75) is 47.0 Å². The lowest BCUT2D eigenvalue weighted by Gasteiger charge is -2.27. The minimum absolute atomic E-state index is 0.202. The summed E-state index contributed by atoms with van der Waals surface area (Å²) in [5.41, 5.74) is 4.39. The van der Waals surface area contributed by atoms with E-state index in [2.05, 4.69) is 65.1 Å². The van der Waals surface area contributed by atoms with E-state index in [9.17, 15) is 0 Å². The summed E-state index contributed by atoms with van der Waals surface area (Å²) in [5, 5.41) is 3.56. The van der Waals surface area contributed by atoms with Crippen LogP contribution in [0.2, 0.25) is 0 Å². The average molecular weight is 233 g/mol. The van der Waals surface area contributed by atoms with Crippen LogP contribution >= 0.6 is 0 Å². The third kappa shape index (κ3) is 4.16. The molecule has 1 heteroatoms. The van der Waals surface area contributed by atoms with E-state index < -0.39 is 0 Å². The smallest absolute Gasteiger partial charge is 0.00432 e. The second-order valence-electron chi connectivity index (χ2n) is 6.21. The van der Waals surface area contributed by atoms with Gasteiger partial charge in [0, 0.05) is 12.0 Å². The predicted molar refractivity (Wildman–Crippen MR) is 76.6 cm³/mol. The van der Waals surface area contributed by atoms with Gasteiger partial charge in [-0.05, 0) is 43.0 Å². The van der Waals surface area contributed by atoms with Gasteiger partial charge >= 0.3 is 0 Å². The number of rotatable bonds is 5. The van der Waals surface area contributed by atoms with Crippen molar-refractivity contribution in [1.82, 2.24) is 5.32 Å². The molecule has 0 atom stereocenters. The van der Waals surface area contributed by atoms with E-state index in [0.29, 0.717) is 5.92 Å². The molecular weight excluding hydrogens is 206 g/mol. The first-order valence-electron chi connectivity index (χ1n) is 6.61. The van der Waals surface area contributed by atoms with Crippen LogP contribution in [0.3, 0.4) is 0 Å². The monoisotopic (exact) mass is 233 g/mol. The zero-order chi connectivity index (χ0) is 13.1. The summed E-state index contributed by atoms with van der Waals surface area (Å²) in [6.07, 6.45) is 0. The molecule has 0 aliphatic carbocycles. The largest absolute Gasteiger partial charge is 0.316 e. The van der Waals surface area contributed by atoms with E-state index in [-0.39, 0.29) is 5.41 Å². The Morgan fingerprint density at radius 1 is 1.12 bits per heavy atom. The SMILES string of the molecule is Cc1ccc(C(C)(C)CNCC(C)C)cc1C. The summed E-state index contributed by atoms with van der Waals surface area (Å²) < 4.78 is 0. The fourth-order valence-corrected chi connectivity index (χ4v) is 1.94. The van der Waals surface area contributed by atoms with E-state index in [1.807, 2.05) is 0 Å². The van der Waals surface area contributed by atoms with Crippen molar-refractivity contribution >= 4 is 0 Å². The molecule has 0 unspecified atom stereocenters. The Bertz CT molecular complexity index is 364. The molecule has 1 nitrogen and oxygen atoms in total. The molecule has 0 aromatic heterocycles. The van der Waals surface area contributed by atoms with E-state index in [4.69, 9.17) is 0 Å². The molecule has 96 valence electrons. The van der Waals surface area contributed by atoms with Gasteiger partial charge in [-0.15, -0.1) is 0 Å². The van der Waals surface area contributed by atoms with E-state index in [1.165, 1.54) is 16.7 Å². The maximum Gasteiger partial charge on any atom is 0.00432 e. The topological polar surface area (TPSA) is 12.0 Å². The minimum atomic E-state index is 0.202. The predicted octanol–water partition coefficient (Wildman–Crippen LogP) is 3.83. The van der Waals surface area contributed by atoms with Crippen molar-refractivity contribution in [3.8, 4) is 0 Å². The highest BCUT2D eigenvalue weighted by atomic mass is 14.9. The standard InChI is InChI=1S/C16H27N/c1-12(2)10-17-11-16(5,6)15-8-7-13(3)14(4)9-15/h7-9,12,17H,10-11H2,1-6H3. The fraction of sp³-hybridized carbons (Fsp3) is 0.625. The Hall–Kier alpha value is -0.820. The fourth-order valence-electron chi connectivity index (χ4n) is 1.94. The van der Waals surface area contributed by atoms with Crippen LogP contribution in [0.15, 0.2) is 18.2 Å².